The number of hydrogen-bond donors (Lipinski definition) is 3. The molecule has 3 heterocycles. The van der Waals surface area contributed by atoms with Crippen LogP contribution < -0.4 is 25.8 Å². The molecule has 1 unspecified atom stereocenters. The van der Waals surface area contributed by atoms with E-state index in [1.54, 1.807) is 13.3 Å². The van der Waals surface area contributed by atoms with Crippen LogP contribution >= 0.6 is 0 Å². The maximum atomic E-state index is 6.66. The van der Waals surface area contributed by atoms with E-state index in [2.05, 4.69) is 20.5 Å². The molecule has 3 aliphatic heterocycles. The minimum absolute atomic E-state index is 0.369. The Morgan fingerprint density at radius 1 is 1.26 bits per heavy atom. The first-order valence-electron chi connectivity index (χ1n) is 11.4. The van der Waals surface area contributed by atoms with E-state index in [0.29, 0.717) is 24.1 Å². The topological polar surface area (TPSA) is 93.4 Å². The minimum Gasteiger partial charge on any atom is -0.493 e. The van der Waals surface area contributed by atoms with E-state index in [0.717, 1.165) is 50.4 Å². The van der Waals surface area contributed by atoms with Crippen molar-refractivity contribution >= 4 is 6.21 Å². The Hall–Kier alpha value is -2.29. The fraction of sp³-hybridized carbons (Fsp3) is 0.609. The summed E-state index contributed by atoms with van der Waals surface area (Å²) in [5.41, 5.74) is 7.47. The first kappa shape index (κ1) is 21.9. The molecule has 170 valence electrons. The summed E-state index contributed by atoms with van der Waals surface area (Å²) in [5, 5.41) is 6.88. The maximum Gasteiger partial charge on any atom is 0.210 e. The number of nitrogens with one attached hydrogen (secondary N) is 2. The van der Waals surface area contributed by atoms with Crippen molar-refractivity contribution in [3.63, 3.8) is 0 Å². The van der Waals surface area contributed by atoms with Gasteiger partial charge in [-0.1, -0.05) is 0 Å². The van der Waals surface area contributed by atoms with Crippen LogP contribution in [0.3, 0.4) is 0 Å². The molecule has 8 heteroatoms. The van der Waals surface area contributed by atoms with Crippen molar-refractivity contribution in [1.82, 2.24) is 15.5 Å². The third kappa shape index (κ3) is 5.70. The normalized spacial score (nSPS) is 24.5. The first-order chi connectivity index (χ1) is 15.2. The molecule has 4 rings (SSSR count). The Labute approximate surface area is 184 Å². The molecule has 2 fully saturated rings. The third-order valence-corrected chi connectivity index (χ3v) is 6.10. The van der Waals surface area contributed by atoms with Crippen LogP contribution in [-0.4, -0.2) is 63.7 Å². The quantitative estimate of drug-likeness (QED) is 0.516. The molecule has 8 nitrogen and oxygen atoms in total. The molecule has 0 bridgehead atoms. The number of likely N-dealkylation sites (tertiary alicyclic amines) is 1. The number of hydrogen-bond acceptors (Lipinski definition) is 8. The number of nitrogens with zero attached hydrogens (tertiary/aromatic N) is 2. The van der Waals surface area contributed by atoms with Crippen LogP contribution in [0.2, 0.25) is 0 Å². The van der Waals surface area contributed by atoms with E-state index in [-0.39, 0.29) is 0 Å². The summed E-state index contributed by atoms with van der Waals surface area (Å²) >= 11 is 0. The summed E-state index contributed by atoms with van der Waals surface area (Å²) in [4.78, 5) is 7.01. The molecule has 0 saturated carbocycles. The van der Waals surface area contributed by atoms with Gasteiger partial charge in [-0.3, -0.25) is 5.73 Å². The highest BCUT2D eigenvalue weighted by Gasteiger charge is 2.30. The van der Waals surface area contributed by atoms with E-state index in [4.69, 9.17) is 19.9 Å². The van der Waals surface area contributed by atoms with Gasteiger partial charge < -0.3 is 29.7 Å². The van der Waals surface area contributed by atoms with Gasteiger partial charge in [-0.15, -0.1) is 0 Å². The Morgan fingerprint density at radius 2 is 2.06 bits per heavy atom. The SMILES string of the molecule is COc1ccc(C2(N)N=CC=C(NC3CCOCC3)N2)cc1OCCCN1CCCC1. The molecule has 1 aromatic carbocycles. The predicted octanol–water partition coefficient (Wildman–Crippen LogP) is 1.91. The van der Waals surface area contributed by atoms with E-state index < -0.39 is 5.79 Å². The Morgan fingerprint density at radius 3 is 2.84 bits per heavy atom. The standard InChI is InChI=1S/C23H35N5O3/c1-29-20-6-5-18(17-21(20)31-14-4-13-28-11-2-3-12-28)23(24)25-10-7-22(27-23)26-19-8-15-30-16-9-19/h5-7,10,17,19,26-27H,2-4,8-9,11-16,24H2,1H3. The fourth-order valence-corrected chi connectivity index (χ4v) is 4.30. The smallest absolute Gasteiger partial charge is 0.210 e. The number of nitrogens with two attached hydrogens (primary N) is 1. The number of ether oxygens (including phenoxy) is 3. The molecule has 4 N–H and O–H groups in total. The molecule has 0 aromatic heterocycles. The molecule has 0 amide bonds. The van der Waals surface area contributed by atoms with Crippen molar-refractivity contribution in [2.75, 3.05) is 46.6 Å². The molecule has 0 aliphatic carbocycles. The monoisotopic (exact) mass is 429 g/mol. The predicted molar refractivity (Wildman–Crippen MR) is 121 cm³/mol. The second-order valence-electron chi connectivity index (χ2n) is 8.40. The average molecular weight is 430 g/mol. The van der Waals surface area contributed by atoms with Gasteiger partial charge in [0.25, 0.3) is 0 Å². The number of benzene rings is 1. The highest BCUT2D eigenvalue weighted by atomic mass is 16.5. The lowest BCUT2D eigenvalue weighted by molar-refractivity contribution is 0.0794. The molecule has 0 spiro atoms. The summed E-state index contributed by atoms with van der Waals surface area (Å²) in [7, 11) is 1.65. The first-order valence-corrected chi connectivity index (χ1v) is 11.4. The summed E-state index contributed by atoms with van der Waals surface area (Å²) in [6.07, 6.45) is 9.22. The van der Waals surface area contributed by atoms with Gasteiger partial charge in [0, 0.05) is 37.6 Å². The van der Waals surface area contributed by atoms with Gasteiger partial charge in [-0.05, 0) is 69.5 Å². The summed E-state index contributed by atoms with van der Waals surface area (Å²) in [5.74, 6) is 1.19. The number of methoxy groups -OCH3 is 1. The zero-order chi connectivity index (χ0) is 21.5. The molecule has 1 aromatic rings. The van der Waals surface area contributed by atoms with Crippen molar-refractivity contribution in [2.45, 2.75) is 43.9 Å². The van der Waals surface area contributed by atoms with E-state index >= 15 is 0 Å². The van der Waals surface area contributed by atoms with Crippen LogP contribution in [-0.2, 0) is 10.5 Å². The van der Waals surface area contributed by atoms with Crippen molar-refractivity contribution in [3.05, 3.63) is 35.7 Å². The summed E-state index contributed by atoms with van der Waals surface area (Å²) < 4.78 is 17.0. The lowest BCUT2D eigenvalue weighted by Crippen LogP contribution is -2.53. The van der Waals surface area contributed by atoms with Crippen molar-refractivity contribution in [2.24, 2.45) is 10.7 Å². The molecule has 0 radical (unpaired) electrons. The highest BCUT2D eigenvalue weighted by Crippen LogP contribution is 2.32. The van der Waals surface area contributed by atoms with Crippen LogP contribution in [0.25, 0.3) is 0 Å². The van der Waals surface area contributed by atoms with Gasteiger partial charge in [0.2, 0.25) is 5.79 Å². The number of rotatable bonds is 9. The maximum absolute atomic E-state index is 6.66. The highest BCUT2D eigenvalue weighted by molar-refractivity contribution is 5.74. The van der Waals surface area contributed by atoms with Crippen LogP contribution in [0, 0.1) is 0 Å². The van der Waals surface area contributed by atoms with E-state index in [1.165, 1.54) is 25.9 Å². The van der Waals surface area contributed by atoms with Crippen LogP contribution in [0.15, 0.2) is 35.1 Å². The zero-order valence-corrected chi connectivity index (χ0v) is 18.4. The van der Waals surface area contributed by atoms with E-state index in [9.17, 15) is 0 Å². The number of allylic oxidation sites excluding steroid dienone is 1. The van der Waals surface area contributed by atoms with Crippen LogP contribution in [0.4, 0.5) is 0 Å². The Balaban J connectivity index is 1.38. The largest absolute Gasteiger partial charge is 0.493 e. The van der Waals surface area contributed by atoms with Gasteiger partial charge in [0.1, 0.15) is 5.82 Å². The molecule has 1 atom stereocenters. The summed E-state index contributed by atoms with van der Waals surface area (Å²) in [6.45, 7) is 5.68. The van der Waals surface area contributed by atoms with Crippen molar-refractivity contribution < 1.29 is 14.2 Å². The van der Waals surface area contributed by atoms with Gasteiger partial charge >= 0.3 is 0 Å². The van der Waals surface area contributed by atoms with Gasteiger partial charge in [0.15, 0.2) is 11.5 Å². The third-order valence-electron chi connectivity index (χ3n) is 6.10. The Bertz CT molecular complexity index is 787. The molecular weight excluding hydrogens is 394 g/mol. The summed E-state index contributed by atoms with van der Waals surface area (Å²) in [6, 6.07) is 6.11. The van der Waals surface area contributed by atoms with Crippen LogP contribution in [0.5, 0.6) is 11.5 Å². The fourth-order valence-electron chi connectivity index (χ4n) is 4.30. The minimum atomic E-state index is -1.07. The van der Waals surface area contributed by atoms with Crippen molar-refractivity contribution in [3.8, 4) is 11.5 Å². The molecular formula is C23H35N5O3. The van der Waals surface area contributed by atoms with Crippen molar-refractivity contribution in [1.29, 1.82) is 0 Å². The lowest BCUT2D eigenvalue weighted by atomic mass is 10.1. The number of aliphatic imine (C=N–C) groups is 1. The van der Waals surface area contributed by atoms with Gasteiger partial charge in [-0.25, -0.2) is 4.99 Å². The van der Waals surface area contributed by atoms with Gasteiger partial charge in [0.05, 0.1) is 13.7 Å². The molecule has 2 saturated heterocycles. The Kier molecular flexibility index (Phi) is 7.32. The van der Waals surface area contributed by atoms with Crippen LogP contribution in [0.1, 0.15) is 37.7 Å². The average Bonchev–Trinajstić information content (AvgIpc) is 3.31. The second-order valence-corrected chi connectivity index (χ2v) is 8.40. The second kappa shape index (κ2) is 10.3. The van der Waals surface area contributed by atoms with E-state index in [1.807, 2.05) is 24.3 Å². The molecule has 3 aliphatic rings. The zero-order valence-electron chi connectivity index (χ0n) is 18.4. The lowest BCUT2D eigenvalue weighted by Gasteiger charge is -2.34. The van der Waals surface area contributed by atoms with Gasteiger partial charge in [-0.2, -0.15) is 0 Å². The molecule has 31 heavy (non-hydrogen) atoms.